The van der Waals surface area contributed by atoms with Gasteiger partial charge in [-0.2, -0.15) is 13.2 Å². The van der Waals surface area contributed by atoms with Crippen molar-refractivity contribution >= 4 is 29.0 Å². The van der Waals surface area contributed by atoms with Crippen molar-refractivity contribution in [1.29, 1.82) is 0 Å². The number of halogens is 3. The van der Waals surface area contributed by atoms with E-state index in [0.29, 0.717) is 31.2 Å². The SMILES string of the molecule is O=C(CSc1nc(-c2cccs2)cc(C(F)(F)F)n1)NCCN1CCOCC1. The van der Waals surface area contributed by atoms with Crippen LogP contribution in [0.4, 0.5) is 13.2 Å². The van der Waals surface area contributed by atoms with E-state index in [2.05, 4.69) is 20.2 Å². The number of rotatable bonds is 7. The van der Waals surface area contributed by atoms with Crippen molar-refractivity contribution in [3.8, 4) is 10.6 Å². The highest BCUT2D eigenvalue weighted by molar-refractivity contribution is 7.99. The van der Waals surface area contributed by atoms with Gasteiger partial charge in [0.15, 0.2) is 5.16 Å². The quantitative estimate of drug-likeness (QED) is 0.536. The summed E-state index contributed by atoms with van der Waals surface area (Å²) in [5.41, 5.74) is -0.811. The van der Waals surface area contributed by atoms with Gasteiger partial charge in [0.25, 0.3) is 0 Å². The number of hydrogen-bond donors (Lipinski definition) is 1. The fourth-order valence-corrected chi connectivity index (χ4v) is 3.92. The van der Waals surface area contributed by atoms with Crippen LogP contribution in [0.2, 0.25) is 0 Å². The van der Waals surface area contributed by atoms with E-state index in [9.17, 15) is 18.0 Å². The van der Waals surface area contributed by atoms with Gasteiger partial charge in [0.1, 0.15) is 5.69 Å². The number of ether oxygens (including phenoxy) is 1. The van der Waals surface area contributed by atoms with Crippen LogP contribution in [0.25, 0.3) is 10.6 Å². The van der Waals surface area contributed by atoms with Crippen molar-refractivity contribution in [2.24, 2.45) is 0 Å². The summed E-state index contributed by atoms with van der Waals surface area (Å²) in [6, 6.07) is 4.36. The highest BCUT2D eigenvalue weighted by Crippen LogP contribution is 2.33. The maximum Gasteiger partial charge on any atom is 0.433 e. The van der Waals surface area contributed by atoms with E-state index < -0.39 is 11.9 Å². The van der Waals surface area contributed by atoms with Gasteiger partial charge in [-0.05, 0) is 17.5 Å². The second-order valence-electron chi connectivity index (χ2n) is 5.99. The Kier molecular flexibility index (Phi) is 7.27. The first-order chi connectivity index (χ1) is 13.4. The van der Waals surface area contributed by atoms with Crippen LogP contribution in [0.15, 0.2) is 28.7 Å². The molecule has 1 N–H and O–H groups in total. The van der Waals surface area contributed by atoms with Gasteiger partial charge in [0, 0.05) is 26.2 Å². The number of carbonyl (C=O) groups is 1. The molecule has 0 aromatic carbocycles. The molecule has 0 saturated carbocycles. The lowest BCUT2D eigenvalue weighted by Gasteiger charge is -2.26. The molecule has 3 rings (SSSR count). The van der Waals surface area contributed by atoms with Gasteiger partial charge < -0.3 is 10.1 Å². The fourth-order valence-electron chi connectivity index (χ4n) is 2.54. The van der Waals surface area contributed by atoms with Crippen LogP contribution in [-0.2, 0) is 15.7 Å². The Morgan fingerprint density at radius 1 is 1.32 bits per heavy atom. The molecule has 0 bridgehead atoms. The minimum atomic E-state index is -4.58. The van der Waals surface area contributed by atoms with Crippen LogP contribution >= 0.6 is 23.1 Å². The lowest BCUT2D eigenvalue weighted by Crippen LogP contribution is -2.41. The monoisotopic (exact) mass is 432 g/mol. The number of carbonyl (C=O) groups excluding carboxylic acids is 1. The molecule has 2 aromatic heterocycles. The molecule has 0 atom stereocenters. The first-order valence-electron chi connectivity index (χ1n) is 8.61. The van der Waals surface area contributed by atoms with Gasteiger partial charge in [-0.25, -0.2) is 9.97 Å². The standard InChI is InChI=1S/C17H19F3N4O2S2/c18-17(19,20)14-10-12(13-2-1-9-27-13)22-16(23-14)28-11-15(25)21-3-4-24-5-7-26-8-6-24/h1-2,9-10H,3-8,11H2,(H,21,25). The third-order valence-corrected chi connectivity index (χ3v) is 5.70. The lowest BCUT2D eigenvalue weighted by atomic mass is 10.3. The molecule has 1 saturated heterocycles. The molecule has 2 aromatic rings. The molecular weight excluding hydrogens is 413 g/mol. The summed E-state index contributed by atoms with van der Waals surface area (Å²) in [6.07, 6.45) is -4.58. The summed E-state index contributed by atoms with van der Waals surface area (Å²) >= 11 is 2.19. The Hall–Kier alpha value is -1.69. The summed E-state index contributed by atoms with van der Waals surface area (Å²) in [4.78, 5) is 22.5. The molecule has 0 aliphatic carbocycles. The van der Waals surface area contributed by atoms with Crippen LogP contribution in [0, 0.1) is 0 Å². The maximum absolute atomic E-state index is 13.1. The zero-order chi connectivity index (χ0) is 20.0. The van der Waals surface area contributed by atoms with Crippen molar-refractivity contribution in [2.45, 2.75) is 11.3 Å². The second-order valence-corrected chi connectivity index (χ2v) is 7.88. The van der Waals surface area contributed by atoms with E-state index in [1.165, 1.54) is 11.3 Å². The Morgan fingerprint density at radius 2 is 2.11 bits per heavy atom. The van der Waals surface area contributed by atoms with Gasteiger partial charge >= 0.3 is 6.18 Å². The summed E-state index contributed by atoms with van der Waals surface area (Å²) in [5, 5.41) is 4.46. The van der Waals surface area contributed by atoms with Crippen LogP contribution in [-0.4, -0.2) is 65.9 Å². The lowest BCUT2D eigenvalue weighted by molar-refractivity contribution is -0.141. The number of nitrogens with zero attached hydrogens (tertiary/aromatic N) is 3. The van der Waals surface area contributed by atoms with Gasteiger partial charge in [0.2, 0.25) is 5.91 Å². The molecule has 152 valence electrons. The number of alkyl halides is 3. The van der Waals surface area contributed by atoms with Crippen molar-refractivity contribution in [3.63, 3.8) is 0 Å². The number of thioether (sulfide) groups is 1. The molecule has 1 fully saturated rings. The van der Waals surface area contributed by atoms with Crippen molar-refractivity contribution in [1.82, 2.24) is 20.2 Å². The average molecular weight is 432 g/mol. The van der Waals surface area contributed by atoms with Gasteiger partial charge in [-0.1, -0.05) is 17.8 Å². The number of aromatic nitrogens is 2. The predicted octanol–water partition coefficient (Wildman–Crippen LogP) is 2.76. The number of nitrogens with one attached hydrogen (secondary N) is 1. The van der Waals surface area contributed by atoms with Crippen LogP contribution in [0.1, 0.15) is 5.69 Å². The van der Waals surface area contributed by atoms with Crippen molar-refractivity contribution in [2.75, 3.05) is 45.1 Å². The number of hydrogen-bond acceptors (Lipinski definition) is 7. The van der Waals surface area contributed by atoms with E-state index in [4.69, 9.17) is 4.74 Å². The van der Waals surface area contributed by atoms with Crippen molar-refractivity contribution in [3.05, 3.63) is 29.3 Å². The van der Waals surface area contributed by atoms with E-state index in [1.54, 1.807) is 17.5 Å². The van der Waals surface area contributed by atoms with Gasteiger partial charge in [-0.3, -0.25) is 9.69 Å². The van der Waals surface area contributed by atoms with Gasteiger partial charge in [0.05, 0.1) is 29.5 Å². The maximum atomic E-state index is 13.1. The fraction of sp³-hybridized carbons (Fsp3) is 0.471. The average Bonchev–Trinajstić information content (AvgIpc) is 3.21. The normalized spacial score (nSPS) is 15.5. The Labute approximate surface area is 168 Å². The minimum Gasteiger partial charge on any atom is -0.379 e. The molecule has 0 radical (unpaired) electrons. The van der Waals surface area contributed by atoms with E-state index in [1.807, 2.05) is 0 Å². The molecule has 11 heteroatoms. The third-order valence-electron chi connectivity index (χ3n) is 3.96. The number of morpholine rings is 1. The van der Waals surface area contributed by atoms with Crippen LogP contribution in [0.5, 0.6) is 0 Å². The molecular formula is C17H19F3N4O2S2. The van der Waals surface area contributed by atoms with Gasteiger partial charge in [-0.15, -0.1) is 11.3 Å². The first-order valence-corrected chi connectivity index (χ1v) is 10.5. The molecule has 1 aliphatic rings. The zero-order valence-corrected chi connectivity index (χ0v) is 16.5. The highest BCUT2D eigenvalue weighted by Gasteiger charge is 2.34. The molecule has 1 aliphatic heterocycles. The van der Waals surface area contributed by atoms with E-state index in [0.717, 1.165) is 30.9 Å². The van der Waals surface area contributed by atoms with Crippen LogP contribution < -0.4 is 5.32 Å². The molecule has 28 heavy (non-hydrogen) atoms. The smallest absolute Gasteiger partial charge is 0.379 e. The Morgan fingerprint density at radius 3 is 2.79 bits per heavy atom. The summed E-state index contributed by atoms with van der Waals surface area (Å²) in [5.74, 6) is -0.314. The Bertz CT molecular complexity index is 781. The topological polar surface area (TPSA) is 67.4 Å². The largest absolute Gasteiger partial charge is 0.433 e. The second kappa shape index (κ2) is 9.68. The molecule has 3 heterocycles. The molecule has 0 unspecified atom stereocenters. The summed E-state index contributed by atoms with van der Waals surface area (Å²) in [7, 11) is 0. The summed E-state index contributed by atoms with van der Waals surface area (Å²) in [6.45, 7) is 4.21. The zero-order valence-electron chi connectivity index (χ0n) is 14.9. The summed E-state index contributed by atoms with van der Waals surface area (Å²) < 4.78 is 44.7. The Balaban J connectivity index is 1.56. The molecule has 6 nitrogen and oxygen atoms in total. The minimum absolute atomic E-state index is 0.0473. The van der Waals surface area contributed by atoms with E-state index in [-0.39, 0.29) is 22.5 Å². The molecule has 1 amide bonds. The number of thiophene rings is 1. The van der Waals surface area contributed by atoms with Crippen molar-refractivity contribution < 1.29 is 22.7 Å². The first kappa shape index (κ1) is 21.0. The van der Waals surface area contributed by atoms with E-state index >= 15 is 0 Å². The highest BCUT2D eigenvalue weighted by atomic mass is 32.2. The predicted molar refractivity (Wildman–Crippen MR) is 101 cm³/mol. The third kappa shape index (κ3) is 6.16. The van der Waals surface area contributed by atoms with Crippen LogP contribution in [0.3, 0.4) is 0 Å². The molecule has 0 spiro atoms. The number of amides is 1.